The minimum Gasteiger partial charge on any atom is -0.493 e. The number of alkyl halides is 3. The van der Waals surface area contributed by atoms with Gasteiger partial charge in [-0.15, -0.1) is 0 Å². The fourth-order valence-electron chi connectivity index (χ4n) is 3.91. The Bertz CT molecular complexity index is 1210. The number of fused-ring (bicyclic) bond motifs is 1. The van der Waals surface area contributed by atoms with Crippen molar-refractivity contribution in [1.82, 2.24) is 14.9 Å². The van der Waals surface area contributed by atoms with Gasteiger partial charge in [-0.05, 0) is 43.8 Å². The van der Waals surface area contributed by atoms with Crippen molar-refractivity contribution in [2.45, 2.75) is 19.6 Å². The molecule has 0 aliphatic carbocycles. The number of benzene rings is 2. The highest BCUT2D eigenvalue weighted by Gasteiger charge is 2.31. The molecule has 3 aromatic rings. The fourth-order valence-corrected chi connectivity index (χ4v) is 5.90. The summed E-state index contributed by atoms with van der Waals surface area (Å²) in [6.07, 6.45) is -3.32. The van der Waals surface area contributed by atoms with Gasteiger partial charge in [-0.25, -0.2) is 14.4 Å². The van der Waals surface area contributed by atoms with Gasteiger partial charge in [0.1, 0.15) is 23.7 Å². The van der Waals surface area contributed by atoms with Crippen LogP contribution in [0.3, 0.4) is 0 Å². The van der Waals surface area contributed by atoms with Gasteiger partial charge in [0.05, 0.1) is 18.2 Å². The van der Waals surface area contributed by atoms with Crippen LogP contribution in [0.25, 0.3) is 10.9 Å². The van der Waals surface area contributed by atoms with E-state index in [1.807, 2.05) is 7.05 Å². The maximum absolute atomic E-state index is 13.8. The van der Waals surface area contributed by atoms with E-state index in [1.165, 1.54) is 7.11 Å². The Labute approximate surface area is 201 Å². The van der Waals surface area contributed by atoms with Gasteiger partial charge in [-0.1, -0.05) is 0 Å². The van der Waals surface area contributed by atoms with Crippen LogP contribution in [0, 0.1) is 12.7 Å². The lowest BCUT2D eigenvalue weighted by Crippen LogP contribution is -2.46. The Kier molecular flexibility index (Phi) is 7.43. The van der Waals surface area contributed by atoms with Crippen LogP contribution in [0.1, 0.15) is 17.0 Å². The predicted molar refractivity (Wildman–Crippen MR) is 126 cm³/mol. The summed E-state index contributed by atoms with van der Waals surface area (Å²) in [5.41, 5.74) is -0.334. The number of hydrogen-bond donors (Lipinski definition) is 1. The zero-order chi connectivity index (χ0) is 25.2. The number of methoxy groups -OCH3 is 1. The molecule has 1 aromatic heterocycles. The molecule has 4 rings (SSSR count). The van der Waals surface area contributed by atoms with Crippen LogP contribution in [-0.4, -0.2) is 63.6 Å². The highest BCUT2D eigenvalue weighted by Crippen LogP contribution is 2.35. The van der Waals surface area contributed by atoms with Crippen molar-refractivity contribution < 1.29 is 31.5 Å². The third-order valence-electron chi connectivity index (χ3n) is 5.60. The van der Waals surface area contributed by atoms with Crippen LogP contribution in [0.4, 0.5) is 23.4 Å². The second-order valence-electron chi connectivity index (χ2n) is 8.41. The Hall–Kier alpha value is -2.96. The molecule has 0 bridgehead atoms. The lowest BCUT2D eigenvalue weighted by molar-refractivity contribution is -0.137. The Morgan fingerprint density at radius 1 is 1.14 bits per heavy atom. The van der Waals surface area contributed by atoms with Crippen LogP contribution in [0.15, 0.2) is 30.3 Å². The van der Waals surface area contributed by atoms with E-state index in [4.69, 9.17) is 13.9 Å². The average Bonchev–Trinajstić information content (AvgIpc) is 2.79. The van der Waals surface area contributed by atoms with Crippen molar-refractivity contribution in [3.05, 3.63) is 53.1 Å². The topological polar surface area (TPSA) is 68.7 Å². The van der Waals surface area contributed by atoms with Crippen LogP contribution >= 0.6 is 0 Å². The average molecular weight is 511 g/mol. The summed E-state index contributed by atoms with van der Waals surface area (Å²) < 4.78 is 70.5. The summed E-state index contributed by atoms with van der Waals surface area (Å²) in [7, 11) is 2.01. The molecule has 1 aliphatic heterocycles. The van der Waals surface area contributed by atoms with E-state index in [0.717, 1.165) is 24.8 Å². The number of halogens is 4. The highest BCUT2D eigenvalue weighted by atomic mass is 28.3. The third kappa shape index (κ3) is 6.19. The number of nitrogens with zero attached hydrogens (tertiary/aromatic N) is 3. The van der Waals surface area contributed by atoms with Gasteiger partial charge in [0, 0.05) is 37.3 Å². The van der Waals surface area contributed by atoms with E-state index in [1.54, 1.807) is 19.1 Å². The molecule has 1 aliphatic rings. The normalized spacial score (nSPS) is 16.9. The summed E-state index contributed by atoms with van der Waals surface area (Å²) in [6.45, 7) is 3.21. The zero-order valence-corrected chi connectivity index (χ0v) is 20.7. The van der Waals surface area contributed by atoms with Crippen molar-refractivity contribution in [3.8, 4) is 11.5 Å². The summed E-state index contributed by atoms with van der Waals surface area (Å²) >= 11 is 0. The predicted octanol–water partition coefficient (Wildman–Crippen LogP) is 3.86. The van der Waals surface area contributed by atoms with Gasteiger partial charge < -0.3 is 24.1 Å². The van der Waals surface area contributed by atoms with Crippen LogP contribution in [-0.2, 0) is 17.1 Å². The molecule has 1 saturated heterocycles. The van der Waals surface area contributed by atoms with Crippen molar-refractivity contribution in [2.75, 3.05) is 45.0 Å². The largest absolute Gasteiger partial charge is 0.493 e. The summed E-state index contributed by atoms with van der Waals surface area (Å²) in [4.78, 5) is 11.1. The smallest absolute Gasteiger partial charge is 0.416 e. The maximum Gasteiger partial charge on any atom is 0.416 e. The lowest BCUT2D eigenvalue weighted by atomic mass is 10.1. The number of rotatable bonds is 7. The number of aromatic nitrogens is 2. The number of aryl methyl sites for hydroxylation is 1. The summed E-state index contributed by atoms with van der Waals surface area (Å²) in [5, 5.41) is 3.62. The van der Waals surface area contributed by atoms with Crippen LogP contribution in [0.2, 0.25) is 0 Å². The zero-order valence-electron chi connectivity index (χ0n) is 19.6. The molecule has 0 radical (unpaired) electrons. The van der Waals surface area contributed by atoms with E-state index in [2.05, 4.69) is 20.2 Å². The van der Waals surface area contributed by atoms with Crippen molar-refractivity contribution >= 4 is 25.8 Å². The third-order valence-corrected chi connectivity index (χ3v) is 7.88. The molecule has 35 heavy (non-hydrogen) atoms. The highest BCUT2D eigenvalue weighted by molar-refractivity contribution is 6.52. The summed E-state index contributed by atoms with van der Waals surface area (Å²) in [5.74, 6) is 0.880. The van der Waals surface area contributed by atoms with Gasteiger partial charge in [0.15, 0.2) is 11.5 Å². The molecule has 1 fully saturated rings. The minimum atomic E-state index is -4.64. The van der Waals surface area contributed by atoms with Gasteiger partial charge in [-0.2, -0.15) is 13.2 Å². The molecule has 188 valence electrons. The monoisotopic (exact) mass is 510 g/mol. The Morgan fingerprint density at radius 3 is 2.66 bits per heavy atom. The molecule has 0 saturated carbocycles. The van der Waals surface area contributed by atoms with Crippen LogP contribution < -0.4 is 14.8 Å². The van der Waals surface area contributed by atoms with Crippen molar-refractivity contribution in [2.24, 2.45) is 0 Å². The fraction of sp³-hybridized carbons (Fsp3) is 0.391. The summed E-state index contributed by atoms with van der Waals surface area (Å²) in [6, 6.07) is 5.91. The molecule has 1 atom stereocenters. The van der Waals surface area contributed by atoms with Crippen molar-refractivity contribution in [1.29, 1.82) is 0 Å². The number of nitrogens with one attached hydrogen (secondary N) is 1. The van der Waals surface area contributed by atoms with Crippen LogP contribution in [0.5, 0.6) is 11.5 Å². The molecule has 2 heterocycles. The molecule has 0 spiro atoms. The molecule has 1 N–H and O–H groups in total. The van der Waals surface area contributed by atoms with Gasteiger partial charge in [0.25, 0.3) is 0 Å². The first kappa shape index (κ1) is 25.1. The van der Waals surface area contributed by atoms with Gasteiger partial charge >= 0.3 is 6.18 Å². The van der Waals surface area contributed by atoms with Crippen molar-refractivity contribution in [3.63, 3.8) is 0 Å². The van der Waals surface area contributed by atoms with Gasteiger partial charge in [0.2, 0.25) is 9.04 Å². The van der Waals surface area contributed by atoms with E-state index < -0.39 is 26.6 Å². The lowest BCUT2D eigenvalue weighted by Gasteiger charge is -2.29. The number of anilines is 1. The standard InChI is InChI=1S/C23H26F4N4O3Si/c1-14-29-19-10-20(32-3)21(33-13-35-12-31(2)4-5-34-35)9-18(19)22(30-14)28-11-15-6-16(23(25,26)27)8-17(24)7-15/h6-10,35H,4-5,11-13H2,1-3H3,(H,28,29,30)/t35-/m0/s1. The van der Waals surface area contributed by atoms with Gasteiger partial charge in [-0.3, -0.25) is 0 Å². The van der Waals surface area contributed by atoms with E-state index in [-0.39, 0.29) is 12.1 Å². The van der Waals surface area contributed by atoms with E-state index in [0.29, 0.717) is 52.9 Å². The van der Waals surface area contributed by atoms with E-state index in [9.17, 15) is 17.6 Å². The van der Waals surface area contributed by atoms with E-state index >= 15 is 0 Å². The molecular weight excluding hydrogens is 484 g/mol. The second kappa shape index (κ2) is 10.3. The molecule has 12 heteroatoms. The Balaban J connectivity index is 1.60. The molecule has 0 amide bonds. The SMILES string of the molecule is COc1cc2nc(C)nc(NCc3cc(F)cc(C(F)(F)F)c3)c2cc1OC[Si@@H]1CN(C)CCO1. The number of ether oxygens (including phenoxy) is 2. The number of likely N-dealkylation sites (N-methyl/N-ethyl adjacent to an activating group) is 1. The molecule has 2 aromatic carbocycles. The molecular formula is C23H26F4N4O3Si. The quantitative estimate of drug-likeness (QED) is 0.383. The first-order valence-corrected chi connectivity index (χ1v) is 13.1. The first-order valence-electron chi connectivity index (χ1n) is 11.0. The molecule has 0 unspecified atom stereocenters. The second-order valence-corrected chi connectivity index (χ2v) is 10.7. The maximum atomic E-state index is 13.8. The molecule has 7 nitrogen and oxygen atoms in total. The Morgan fingerprint density at radius 2 is 1.94 bits per heavy atom. The number of hydrogen-bond acceptors (Lipinski definition) is 7. The minimum absolute atomic E-state index is 0.0657. The first-order chi connectivity index (χ1) is 16.6.